The van der Waals surface area contributed by atoms with Crippen LogP contribution >= 0.6 is 0 Å². The average molecular weight is 294 g/mol. The smallest absolute Gasteiger partial charge is 0.153 e. The summed E-state index contributed by atoms with van der Waals surface area (Å²) in [5, 5.41) is 9.14. The third-order valence-electron chi connectivity index (χ3n) is 3.81. The summed E-state index contributed by atoms with van der Waals surface area (Å²) in [6, 6.07) is 9.76. The standard InChI is InChI=1S/C17H18N4O/c1-4-20-13(3)16(12(2)18-20)17-14(11-22)10-21(19-17)15-8-6-5-7-9-15/h5-11H,4H2,1-3H3. The van der Waals surface area contributed by atoms with Crippen LogP contribution < -0.4 is 0 Å². The molecule has 0 atom stereocenters. The molecule has 0 fully saturated rings. The highest BCUT2D eigenvalue weighted by Gasteiger charge is 2.19. The van der Waals surface area contributed by atoms with E-state index in [2.05, 4.69) is 10.2 Å². The van der Waals surface area contributed by atoms with E-state index in [1.165, 1.54) is 0 Å². The maximum Gasteiger partial charge on any atom is 0.153 e. The molecule has 0 aliphatic rings. The zero-order chi connectivity index (χ0) is 15.7. The molecule has 112 valence electrons. The van der Waals surface area contributed by atoms with Crippen molar-refractivity contribution in [2.45, 2.75) is 27.3 Å². The number of carbonyl (C=O) groups excluding carboxylic acids is 1. The van der Waals surface area contributed by atoms with Crippen molar-refractivity contribution in [1.29, 1.82) is 0 Å². The van der Waals surface area contributed by atoms with E-state index in [0.717, 1.165) is 35.5 Å². The molecule has 5 nitrogen and oxygen atoms in total. The molecular formula is C17H18N4O. The number of rotatable bonds is 4. The first-order valence-electron chi connectivity index (χ1n) is 7.30. The van der Waals surface area contributed by atoms with Crippen LogP contribution in [0.25, 0.3) is 16.9 Å². The van der Waals surface area contributed by atoms with Gasteiger partial charge in [0.05, 0.1) is 16.9 Å². The normalized spacial score (nSPS) is 10.9. The van der Waals surface area contributed by atoms with Crippen LogP contribution in [0, 0.1) is 13.8 Å². The summed E-state index contributed by atoms with van der Waals surface area (Å²) < 4.78 is 3.67. The van der Waals surface area contributed by atoms with Crippen molar-refractivity contribution in [2.24, 2.45) is 0 Å². The Balaban J connectivity index is 2.18. The molecule has 1 aromatic carbocycles. The van der Waals surface area contributed by atoms with E-state index in [1.807, 2.05) is 55.8 Å². The fourth-order valence-corrected chi connectivity index (χ4v) is 2.73. The predicted molar refractivity (Wildman–Crippen MR) is 85.3 cm³/mol. The lowest BCUT2D eigenvalue weighted by atomic mass is 10.1. The Morgan fingerprint density at radius 3 is 2.45 bits per heavy atom. The van der Waals surface area contributed by atoms with Gasteiger partial charge in [0.1, 0.15) is 5.69 Å². The van der Waals surface area contributed by atoms with Crippen LogP contribution in [-0.4, -0.2) is 25.8 Å². The maximum absolute atomic E-state index is 11.5. The number of para-hydroxylation sites is 1. The van der Waals surface area contributed by atoms with E-state index >= 15 is 0 Å². The van der Waals surface area contributed by atoms with Crippen molar-refractivity contribution in [3.8, 4) is 16.9 Å². The van der Waals surface area contributed by atoms with Gasteiger partial charge in [0.2, 0.25) is 0 Å². The molecule has 5 heteroatoms. The summed E-state index contributed by atoms with van der Waals surface area (Å²) in [6.45, 7) is 6.80. The van der Waals surface area contributed by atoms with E-state index in [9.17, 15) is 4.79 Å². The second kappa shape index (κ2) is 5.60. The monoisotopic (exact) mass is 294 g/mol. The first-order chi connectivity index (χ1) is 10.7. The van der Waals surface area contributed by atoms with Gasteiger partial charge in [0, 0.05) is 24.0 Å². The molecule has 0 aliphatic heterocycles. The van der Waals surface area contributed by atoms with Crippen molar-refractivity contribution in [2.75, 3.05) is 0 Å². The minimum Gasteiger partial charge on any atom is -0.298 e. The molecule has 0 saturated heterocycles. The summed E-state index contributed by atoms with van der Waals surface area (Å²) in [5.74, 6) is 0. The topological polar surface area (TPSA) is 52.7 Å². The van der Waals surface area contributed by atoms with Gasteiger partial charge in [-0.25, -0.2) is 4.68 Å². The Kier molecular flexibility index (Phi) is 3.63. The number of nitrogens with zero attached hydrogens (tertiary/aromatic N) is 4. The quantitative estimate of drug-likeness (QED) is 0.694. The number of aromatic nitrogens is 4. The maximum atomic E-state index is 11.5. The van der Waals surface area contributed by atoms with Crippen LogP contribution in [0.1, 0.15) is 28.7 Å². The number of benzene rings is 1. The van der Waals surface area contributed by atoms with Gasteiger partial charge >= 0.3 is 0 Å². The zero-order valence-electron chi connectivity index (χ0n) is 12.9. The van der Waals surface area contributed by atoms with Gasteiger partial charge in [-0.2, -0.15) is 10.2 Å². The molecule has 0 radical (unpaired) electrons. The van der Waals surface area contributed by atoms with E-state index < -0.39 is 0 Å². The summed E-state index contributed by atoms with van der Waals surface area (Å²) in [5.41, 5.74) is 5.05. The van der Waals surface area contributed by atoms with Gasteiger partial charge in [-0.1, -0.05) is 18.2 Å². The van der Waals surface area contributed by atoms with Gasteiger partial charge in [-0.15, -0.1) is 0 Å². The fraction of sp³-hybridized carbons (Fsp3) is 0.235. The molecule has 2 heterocycles. The second-order valence-corrected chi connectivity index (χ2v) is 5.19. The lowest BCUT2D eigenvalue weighted by molar-refractivity contribution is 0.112. The SMILES string of the molecule is CCn1nc(C)c(-c2nn(-c3ccccc3)cc2C=O)c1C. The first-order valence-corrected chi connectivity index (χ1v) is 7.30. The van der Waals surface area contributed by atoms with Crippen LogP contribution in [0.15, 0.2) is 36.5 Å². The van der Waals surface area contributed by atoms with Gasteiger partial charge in [-0.3, -0.25) is 9.48 Å². The Morgan fingerprint density at radius 1 is 1.14 bits per heavy atom. The second-order valence-electron chi connectivity index (χ2n) is 5.19. The lowest BCUT2D eigenvalue weighted by Gasteiger charge is -2.02. The third-order valence-corrected chi connectivity index (χ3v) is 3.81. The van der Waals surface area contributed by atoms with Crippen LogP contribution in [0.2, 0.25) is 0 Å². The summed E-state index contributed by atoms with van der Waals surface area (Å²) in [4.78, 5) is 11.5. The number of aryl methyl sites for hydroxylation is 2. The minimum absolute atomic E-state index is 0.575. The number of hydrogen-bond donors (Lipinski definition) is 0. The Bertz CT molecular complexity index is 815. The van der Waals surface area contributed by atoms with E-state index in [0.29, 0.717) is 11.3 Å². The van der Waals surface area contributed by atoms with Gasteiger partial charge in [0.15, 0.2) is 6.29 Å². The molecule has 0 amide bonds. The first kappa shape index (κ1) is 14.3. The van der Waals surface area contributed by atoms with Crippen LogP contribution in [0.5, 0.6) is 0 Å². The molecule has 0 bridgehead atoms. The van der Waals surface area contributed by atoms with Gasteiger partial charge < -0.3 is 0 Å². The van der Waals surface area contributed by atoms with Crippen LogP contribution in [-0.2, 0) is 6.54 Å². The van der Waals surface area contributed by atoms with Crippen LogP contribution in [0.3, 0.4) is 0 Å². The molecule has 3 rings (SSSR count). The molecule has 22 heavy (non-hydrogen) atoms. The Morgan fingerprint density at radius 2 is 1.86 bits per heavy atom. The van der Waals surface area contributed by atoms with Crippen molar-refractivity contribution < 1.29 is 4.79 Å². The Hall–Kier alpha value is -2.69. The zero-order valence-corrected chi connectivity index (χ0v) is 12.9. The number of hydrogen-bond acceptors (Lipinski definition) is 3. The largest absolute Gasteiger partial charge is 0.298 e. The highest BCUT2D eigenvalue weighted by atomic mass is 16.1. The van der Waals surface area contributed by atoms with E-state index in [1.54, 1.807) is 10.9 Å². The van der Waals surface area contributed by atoms with Crippen molar-refractivity contribution in [3.05, 3.63) is 53.5 Å². The summed E-state index contributed by atoms with van der Waals surface area (Å²) in [6.07, 6.45) is 2.61. The molecule has 0 aliphatic carbocycles. The minimum atomic E-state index is 0.575. The summed E-state index contributed by atoms with van der Waals surface area (Å²) >= 11 is 0. The van der Waals surface area contributed by atoms with Crippen molar-refractivity contribution in [1.82, 2.24) is 19.6 Å². The highest BCUT2D eigenvalue weighted by molar-refractivity contribution is 5.86. The lowest BCUT2D eigenvalue weighted by Crippen LogP contribution is -1.99. The number of aldehydes is 1. The van der Waals surface area contributed by atoms with E-state index in [-0.39, 0.29) is 0 Å². The molecule has 2 aromatic heterocycles. The Labute approximate surface area is 129 Å². The highest BCUT2D eigenvalue weighted by Crippen LogP contribution is 2.28. The number of carbonyl (C=O) groups is 1. The molecule has 0 N–H and O–H groups in total. The molecule has 0 unspecified atom stereocenters. The fourth-order valence-electron chi connectivity index (χ4n) is 2.73. The van der Waals surface area contributed by atoms with Crippen molar-refractivity contribution in [3.63, 3.8) is 0 Å². The van der Waals surface area contributed by atoms with Gasteiger partial charge in [-0.05, 0) is 32.9 Å². The summed E-state index contributed by atoms with van der Waals surface area (Å²) in [7, 11) is 0. The average Bonchev–Trinajstić information content (AvgIpc) is 3.08. The molecular weight excluding hydrogens is 276 g/mol. The van der Waals surface area contributed by atoms with E-state index in [4.69, 9.17) is 0 Å². The molecule has 3 aromatic rings. The predicted octanol–water partition coefficient (Wildman–Crippen LogP) is 3.19. The van der Waals surface area contributed by atoms with Gasteiger partial charge in [0.25, 0.3) is 0 Å². The van der Waals surface area contributed by atoms with Crippen molar-refractivity contribution >= 4 is 6.29 Å². The third kappa shape index (κ3) is 2.24. The molecule has 0 saturated carbocycles. The molecule has 0 spiro atoms. The van der Waals surface area contributed by atoms with Crippen LogP contribution in [0.4, 0.5) is 0 Å².